The fraction of sp³-hybridized carbons (Fsp3) is 0.875. The zero-order chi connectivity index (χ0) is 35.4. The van der Waals surface area contributed by atoms with Gasteiger partial charge in [0.2, 0.25) is 0 Å². The second-order valence-corrected chi connectivity index (χ2v) is 14.6. The van der Waals surface area contributed by atoms with E-state index in [9.17, 15) is 43.2 Å². The van der Waals surface area contributed by atoms with Crippen LogP contribution in [0.5, 0.6) is 0 Å². The van der Waals surface area contributed by atoms with Gasteiger partial charge in [0.25, 0.3) is 0 Å². The molecule has 3 unspecified atom stereocenters. The standard InChI is InChI=1S/C32H60O13P2/c1-3-5-7-9-11-13-15-17-19-21-23-25-29(34)42-46(38,39)44-31(36)27-28(33)32(37)45-47(40,41)43-30(35)26-24-22-20-18-16-14-12-10-8-6-4-2/h28,33H,3-27H2,1-2H3,(H,38,39)(H,40,41). The van der Waals surface area contributed by atoms with Gasteiger partial charge in [0.05, 0.1) is 6.42 Å². The predicted molar refractivity (Wildman–Crippen MR) is 177 cm³/mol. The van der Waals surface area contributed by atoms with E-state index in [2.05, 4.69) is 31.9 Å². The number of aliphatic hydroxyl groups excluding tert-OH is 1. The van der Waals surface area contributed by atoms with Gasteiger partial charge in [-0.25, -0.2) is 13.9 Å². The van der Waals surface area contributed by atoms with E-state index < -0.39 is 52.0 Å². The molecular weight excluding hydrogens is 654 g/mol. The molecule has 0 aromatic heterocycles. The maximum Gasteiger partial charge on any atom is 0.589 e. The van der Waals surface area contributed by atoms with E-state index in [0.717, 1.165) is 44.9 Å². The van der Waals surface area contributed by atoms with Crippen molar-refractivity contribution in [3.8, 4) is 0 Å². The van der Waals surface area contributed by atoms with Gasteiger partial charge in [-0.1, -0.05) is 142 Å². The molecule has 0 spiro atoms. The minimum absolute atomic E-state index is 0.169. The highest BCUT2D eigenvalue weighted by Crippen LogP contribution is 2.45. The minimum atomic E-state index is -5.26. The van der Waals surface area contributed by atoms with Gasteiger partial charge in [-0.2, -0.15) is 0 Å². The first-order valence-corrected chi connectivity index (χ1v) is 20.5. The third-order valence-electron chi connectivity index (χ3n) is 7.46. The fourth-order valence-corrected chi connectivity index (χ4v) is 6.29. The van der Waals surface area contributed by atoms with E-state index in [1.165, 1.54) is 77.0 Å². The van der Waals surface area contributed by atoms with Crippen molar-refractivity contribution < 1.29 is 61.3 Å². The van der Waals surface area contributed by atoms with Gasteiger partial charge in [0, 0.05) is 12.8 Å². The van der Waals surface area contributed by atoms with Crippen LogP contribution in [0.2, 0.25) is 0 Å². The zero-order valence-electron chi connectivity index (χ0n) is 28.6. The summed E-state index contributed by atoms with van der Waals surface area (Å²) in [5.41, 5.74) is 0. The Kier molecular flexibility index (Phi) is 27.0. The van der Waals surface area contributed by atoms with Gasteiger partial charge in [0.15, 0.2) is 6.10 Å². The Labute approximate surface area is 281 Å². The van der Waals surface area contributed by atoms with E-state index in [4.69, 9.17) is 0 Å². The summed E-state index contributed by atoms with van der Waals surface area (Å²) in [5, 5.41) is 9.82. The van der Waals surface area contributed by atoms with Crippen molar-refractivity contribution in [3.63, 3.8) is 0 Å². The molecular formula is C32H60O13P2. The number of aliphatic hydroxyl groups is 1. The molecule has 0 fully saturated rings. The van der Waals surface area contributed by atoms with Crippen LogP contribution in [0.3, 0.4) is 0 Å². The molecule has 0 saturated heterocycles. The normalized spacial score (nSPS) is 14.4. The minimum Gasteiger partial charge on any atom is -0.381 e. The van der Waals surface area contributed by atoms with Gasteiger partial charge in [-0.05, 0) is 12.8 Å². The Morgan fingerprint density at radius 3 is 1.09 bits per heavy atom. The van der Waals surface area contributed by atoms with E-state index in [1.807, 2.05) is 0 Å². The SMILES string of the molecule is CCCCCCCCCCCCCC(=O)OP(=O)(O)OC(=O)CC(O)C(=O)OP(=O)(O)OC(=O)CCCCCCCCCCCCC. The first kappa shape index (κ1) is 45.2. The number of rotatable bonds is 31. The van der Waals surface area contributed by atoms with Crippen LogP contribution >= 0.6 is 15.6 Å². The zero-order valence-corrected chi connectivity index (χ0v) is 30.4. The summed E-state index contributed by atoms with van der Waals surface area (Å²) in [6.45, 7) is 4.36. The summed E-state index contributed by atoms with van der Waals surface area (Å²) in [7, 11) is -10.5. The summed E-state index contributed by atoms with van der Waals surface area (Å²) in [4.78, 5) is 67.0. The second-order valence-electron chi connectivity index (χ2n) is 12.0. The number of carbonyl (C=O) groups excluding carboxylic acids is 4. The van der Waals surface area contributed by atoms with Crippen molar-refractivity contribution in [1.82, 2.24) is 0 Å². The molecule has 47 heavy (non-hydrogen) atoms. The number of carbonyl (C=O) groups is 4. The predicted octanol–water partition coefficient (Wildman–Crippen LogP) is 8.51. The third-order valence-corrected chi connectivity index (χ3v) is 9.17. The molecule has 0 aromatic rings. The number of phosphoric ester groups is 2. The lowest BCUT2D eigenvalue weighted by Gasteiger charge is -2.15. The lowest BCUT2D eigenvalue weighted by Crippen LogP contribution is -2.26. The Morgan fingerprint density at radius 1 is 0.468 bits per heavy atom. The molecule has 276 valence electrons. The van der Waals surface area contributed by atoms with Crippen LogP contribution in [0.4, 0.5) is 0 Å². The highest BCUT2D eigenvalue weighted by Gasteiger charge is 2.36. The number of hydrogen-bond donors (Lipinski definition) is 3. The van der Waals surface area contributed by atoms with Crippen LogP contribution in [0.25, 0.3) is 0 Å². The molecule has 13 nitrogen and oxygen atoms in total. The van der Waals surface area contributed by atoms with E-state index in [1.54, 1.807) is 0 Å². The second kappa shape index (κ2) is 28.1. The maximum absolute atomic E-state index is 12.0. The molecule has 0 aromatic carbocycles. The van der Waals surface area contributed by atoms with Crippen LogP contribution < -0.4 is 0 Å². The molecule has 0 aliphatic rings. The highest BCUT2D eigenvalue weighted by atomic mass is 31.2. The maximum atomic E-state index is 12.0. The molecule has 3 atom stereocenters. The molecule has 3 N–H and O–H groups in total. The lowest BCUT2D eigenvalue weighted by molar-refractivity contribution is -0.153. The number of hydrogen-bond acceptors (Lipinski definition) is 11. The van der Waals surface area contributed by atoms with E-state index >= 15 is 0 Å². The van der Waals surface area contributed by atoms with Gasteiger partial charge < -0.3 is 23.2 Å². The Morgan fingerprint density at radius 2 is 0.745 bits per heavy atom. The molecule has 0 amide bonds. The molecule has 0 aliphatic heterocycles. The largest absolute Gasteiger partial charge is 0.589 e. The quantitative estimate of drug-likeness (QED) is 0.0456. The van der Waals surface area contributed by atoms with Crippen LogP contribution in [-0.2, 0) is 46.4 Å². The lowest BCUT2D eigenvalue weighted by atomic mass is 10.1. The number of phosphoric acid groups is 2. The van der Waals surface area contributed by atoms with E-state index in [0.29, 0.717) is 19.3 Å². The van der Waals surface area contributed by atoms with Gasteiger partial charge in [-0.3, -0.25) is 24.2 Å². The first-order chi connectivity index (χ1) is 22.3. The Bertz CT molecular complexity index is 973. The third kappa shape index (κ3) is 28.9. The molecule has 0 saturated carbocycles. The van der Waals surface area contributed by atoms with Crippen molar-refractivity contribution >= 4 is 39.5 Å². The summed E-state index contributed by atoms with van der Waals surface area (Å²) >= 11 is 0. The van der Waals surface area contributed by atoms with Crippen molar-refractivity contribution in [2.45, 2.75) is 180 Å². The molecule has 0 rings (SSSR count). The van der Waals surface area contributed by atoms with Crippen LogP contribution in [0.15, 0.2) is 0 Å². The van der Waals surface area contributed by atoms with Crippen molar-refractivity contribution in [2.24, 2.45) is 0 Å². The van der Waals surface area contributed by atoms with Crippen LogP contribution in [0.1, 0.15) is 174 Å². The molecule has 15 heteroatoms. The van der Waals surface area contributed by atoms with Crippen molar-refractivity contribution in [3.05, 3.63) is 0 Å². The van der Waals surface area contributed by atoms with Crippen molar-refractivity contribution in [1.29, 1.82) is 0 Å². The number of unbranched alkanes of at least 4 members (excludes halogenated alkanes) is 20. The Hall–Kier alpha value is -1.78. The van der Waals surface area contributed by atoms with E-state index in [-0.39, 0.29) is 12.8 Å². The summed E-state index contributed by atoms with van der Waals surface area (Å²) in [6, 6.07) is 0. The smallest absolute Gasteiger partial charge is 0.381 e. The molecule has 0 radical (unpaired) electrons. The summed E-state index contributed by atoms with van der Waals surface area (Å²) in [6.07, 6.45) is 19.0. The van der Waals surface area contributed by atoms with Crippen LogP contribution in [-0.4, -0.2) is 44.9 Å². The molecule has 0 aliphatic carbocycles. The topological polar surface area (TPSA) is 200 Å². The highest BCUT2D eigenvalue weighted by molar-refractivity contribution is 7.48. The van der Waals surface area contributed by atoms with Crippen molar-refractivity contribution in [2.75, 3.05) is 0 Å². The molecule has 0 heterocycles. The summed E-state index contributed by atoms with van der Waals surface area (Å²) in [5.74, 6) is -5.57. The Balaban J connectivity index is 4.16. The molecule has 0 bridgehead atoms. The first-order valence-electron chi connectivity index (χ1n) is 17.6. The average Bonchev–Trinajstić information content (AvgIpc) is 2.97. The van der Waals surface area contributed by atoms with Gasteiger partial charge >= 0.3 is 39.5 Å². The average molecular weight is 715 g/mol. The van der Waals surface area contributed by atoms with Gasteiger partial charge in [-0.15, -0.1) is 0 Å². The van der Waals surface area contributed by atoms with Crippen LogP contribution in [0, 0.1) is 0 Å². The van der Waals surface area contributed by atoms with Gasteiger partial charge in [0.1, 0.15) is 0 Å². The monoisotopic (exact) mass is 714 g/mol. The fourth-order valence-electron chi connectivity index (χ4n) is 4.83. The summed E-state index contributed by atoms with van der Waals surface area (Å²) < 4.78 is 41.0.